The summed E-state index contributed by atoms with van der Waals surface area (Å²) in [7, 11) is 0. The van der Waals surface area contributed by atoms with Crippen LogP contribution in [-0.4, -0.2) is 70.9 Å². The highest BCUT2D eigenvalue weighted by molar-refractivity contribution is 8.00. The first-order valence-corrected chi connectivity index (χ1v) is 10.8. The highest BCUT2D eigenvalue weighted by Crippen LogP contribution is 2.45. The van der Waals surface area contributed by atoms with Crippen molar-refractivity contribution in [2.75, 3.05) is 45.1 Å². The fourth-order valence-corrected chi connectivity index (χ4v) is 5.24. The van der Waals surface area contributed by atoms with Crippen molar-refractivity contribution in [1.29, 1.82) is 0 Å². The number of likely N-dealkylation sites (tertiary alicyclic amines) is 2. The number of carbonyl (C=O) groups excluding carboxylic acids is 1. The van der Waals surface area contributed by atoms with Gasteiger partial charge in [0.1, 0.15) is 0 Å². The standard InChI is InChI=1S/C20H31N3O2S/c1-2-10-22-11-5-20(6-12-22)7-13-23(14-17(20)15-24)19(25)16-26-18-3-8-21-9-4-18/h3-4,8-9,17,24H,2,5-7,10-16H2,1H3. The lowest BCUT2D eigenvalue weighted by molar-refractivity contribution is -0.135. The maximum Gasteiger partial charge on any atom is 0.232 e. The van der Waals surface area contributed by atoms with E-state index in [0.717, 1.165) is 43.8 Å². The average molecular weight is 378 g/mol. The van der Waals surface area contributed by atoms with E-state index >= 15 is 0 Å². The normalized spacial score (nSPS) is 23.3. The van der Waals surface area contributed by atoms with Crippen LogP contribution in [0, 0.1) is 11.3 Å². The SMILES string of the molecule is CCCN1CCC2(CC1)CCN(C(=O)CSc1ccncc1)CC2CO. The molecule has 1 N–H and O–H groups in total. The lowest BCUT2D eigenvalue weighted by atomic mass is 9.64. The number of amides is 1. The van der Waals surface area contributed by atoms with Crippen LogP contribution < -0.4 is 0 Å². The summed E-state index contributed by atoms with van der Waals surface area (Å²) in [4.78, 5) is 22.2. The quantitative estimate of drug-likeness (QED) is 0.772. The molecule has 1 amide bonds. The molecule has 3 heterocycles. The van der Waals surface area contributed by atoms with E-state index in [1.807, 2.05) is 17.0 Å². The Kier molecular flexibility index (Phi) is 6.95. The molecular weight excluding hydrogens is 346 g/mol. The van der Waals surface area contributed by atoms with Crippen LogP contribution in [0.3, 0.4) is 0 Å². The predicted molar refractivity (Wildman–Crippen MR) is 105 cm³/mol. The van der Waals surface area contributed by atoms with Gasteiger partial charge in [-0.25, -0.2) is 0 Å². The average Bonchev–Trinajstić information content (AvgIpc) is 2.69. The van der Waals surface area contributed by atoms with Crippen LogP contribution in [-0.2, 0) is 4.79 Å². The molecule has 0 saturated carbocycles. The molecule has 144 valence electrons. The summed E-state index contributed by atoms with van der Waals surface area (Å²) in [5.74, 6) is 0.859. The fourth-order valence-electron chi connectivity index (χ4n) is 4.46. The van der Waals surface area contributed by atoms with Crippen molar-refractivity contribution in [3.63, 3.8) is 0 Å². The molecule has 6 heteroatoms. The zero-order valence-corrected chi connectivity index (χ0v) is 16.6. The molecule has 1 atom stereocenters. The third-order valence-electron chi connectivity index (χ3n) is 6.16. The molecule has 5 nitrogen and oxygen atoms in total. The van der Waals surface area contributed by atoms with E-state index < -0.39 is 0 Å². The van der Waals surface area contributed by atoms with Gasteiger partial charge < -0.3 is 14.9 Å². The number of carbonyl (C=O) groups is 1. The number of rotatable bonds is 6. The third-order valence-corrected chi connectivity index (χ3v) is 7.16. The van der Waals surface area contributed by atoms with Gasteiger partial charge >= 0.3 is 0 Å². The number of thioether (sulfide) groups is 1. The molecule has 1 spiro atoms. The minimum absolute atomic E-state index is 0.184. The van der Waals surface area contributed by atoms with Crippen molar-refractivity contribution in [3.8, 4) is 0 Å². The van der Waals surface area contributed by atoms with Gasteiger partial charge in [0.2, 0.25) is 5.91 Å². The van der Waals surface area contributed by atoms with Crippen molar-refractivity contribution in [2.24, 2.45) is 11.3 Å². The Balaban J connectivity index is 1.53. The van der Waals surface area contributed by atoms with Crippen LogP contribution in [0.15, 0.2) is 29.4 Å². The number of hydrogen-bond donors (Lipinski definition) is 1. The van der Waals surface area contributed by atoms with Gasteiger partial charge in [-0.1, -0.05) is 6.92 Å². The largest absolute Gasteiger partial charge is 0.396 e. The highest BCUT2D eigenvalue weighted by atomic mass is 32.2. The number of aliphatic hydroxyl groups is 1. The van der Waals surface area contributed by atoms with Crippen LogP contribution in [0.4, 0.5) is 0 Å². The highest BCUT2D eigenvalue weighted by Gasteiger charge is 2.45. The molecule has 2 fully saturated rings. The topological polar surface area (TPSA) is 56.7 Å². The van der Waals surface area contributed by atoms with E-state index in [2.05, 4.69) is 16.8 Å². The van der Waals surface area contributed by atoms with E-state index in [1.165, 1.54) is 13.0 Å². The summed E-state index contributed by atoms with van der Waals surface area (Å²) < 4.78 is 0. The monoisotopic (exact) mass is 377 g/mol. The van der Waals surface area contributed by atoms with Crippen molar-refractivity contribution in [3.05, 3.63) is 24.5 Å². The van der Waals surface area contributed by atoms with Crippen molar-refractivity contribution in [2.45, 2.75) is 37.5 Å². The summed E-state index contributed by atoms with van der Waals surface area (Å²) >= 11 is 1.56. The molecule has 0 aromatic carbocycles. The Morgan fingerprint density at radius 3 is 2.62 bits per heavy atom. The van der Waals surface area contributed by atoms with Gasteiger partial charge in [0, 0.05) is 42.9 Å². The Hall–Kier alpha value is -1.11. The molecule has 2 aliphatic rings. The zero-order valence-electron chi connectivity index (χ0n) is 15.8. The van der Waals surface area contributed by atoms with E-state index in [0.29, 0.717) is 12.3 Å². The number of aliphatic hydroxyl groups excluding tert-OH is 1. The smallest absolute Gasteiger partial charge is 0.232 e. The lowest BCUT2D eigenvalue weighted by Crippen LogP contribution is -2.55. The van der Waals surface area contributed by atoms with Crippen LogP contribution >= 0.6 is 11.8 Å². The molecule has 1 aromatic rings. The lowest BCUT2D eigenvalue weighted by Gasteiger charge is -2.51. The van der Waals surface area contributed by atoms with Crippen LogP contribution in [0.1, 0.15) is 32.6 Å². The molecule has 0 radical (unpaired) electrons. The Labute approximate surface area is 161 Å². The van der Waals surface area contributed by atoms with Gasteiger partial charge in [-0.05, 0) is 62.9 Å². The van der Waals surface area contributed by atoms with Crippen molar-refractivity contribution in [1.82, 2.24) is 14.8 Å². The second-order valence-corrected chi connectivity index (χ2v) is 8.69. The summed E-state index contributed by atoms with van der Waals surface area (Å²) in [5, 5.41) is 10.0. The van der Waals surface area contributed by atoms with E-state index in [-0.39, 0.29) is 23.8 Å². The number of aromatic nitrogens is 1. The fraction of sp³-hybridized carbons (Fsp3) is 0.700. The zero-order chi connectivity index (χ0) is 18.4. The summed E-state index contributed by atoms with van der Waals surface area (Å²) in [5.41, 5.74) is 0.230. The molecule has 3 rings (SSSR count). The van der Waals surface area contributed by atoms with Crippen molar-refractivity contribution < 1.29 is 9.90 Å². The molecule has 0 bridgehead atoms. The van der Waals surface area contributed by atoms with Crippen LogP contribution in [0.5, 0.6) is 0 Å². The van der Waals surface area contributed by atoms with E-state index in [4.69, 9.17) is 0 Å². The van der Waals surface area contributed by atoms with Crippen LogP contribution in [0.2, 0.25) is 0 Å². The van der Waals surface area contributed by atoms with Crippen molar-refractivity contribution >= 4 is 17.7 Å². The Morgan fingerprint density at radius 2 is 1.96 bits per heavy atom. The van der Waals surface area contributed by atoms with Gasteiger partial charge in [-0.3, -0.25) is 9.78 Å². The number of piperidine rings is 2. The second-order valence-electron chi connectivity index (χ2n) is 7.64. The molecule has 1 aromatic heterocycles. The summed E-state index contributed by atoms with van der Waals surface area (Å²) in [6, 6.07) is 3.87. The second kappa shape index (κ2) is 9.20. The maximum absolute atomic E-state index is 12.6. The first kappa shape index (κ1) is 19.6. The molecule has 0 aliphatic carbocycles. The number of pyridine rings is 1. The minimum Gasteiger partial charge on any atom is -0.396 e. The number of hydrogen-bond acceptors (Lipinski definition) is 5. The number of nitrogens with zero attached hydrogens (tertiary/aromatic N) is 3. The van der Waals surface area contributed by atoms with Gasteiger partial charge in [-0.15, -0.1) is 11.8 Å². The van der Waals surface area contributed by atoms with Gasteiger partial charge in [0.05, 0.1) is 5.75 Å². The third kappa shape index (κ3) is 4.59. The maximum atomic E-state index is 12.6. The van der Waals surface area contributed by atoms with E-state index in [1.54, 1.807) is 24.2 Å². The first-order chi connectivity index (χ1) is 12.7. The van der Waals surface area contributed by atoms with Gasteiger partial charge in [0.25, 0.3) is 0 Å². The van der Waals surface area contributed by atoms with Gasteiger partial charge in [-0.2, -0.15) is 0 Å². The molecule has 1 unspecified atom stereocenters. The predicted octanol–water partition coefficient (Wildman–Crippen LogP) is 2.51. The molecule has 2 aliphatic heterocycles. The first-order valence-electron chi connectivity index (χ1n) is 9.80. The summed E-state index contributed by atoms with van der Waals surface area (Å²) in [6.07, 6.45) is 8.06. The minimum atomic E-state index is 0.184. The van der Waals surface area contributed by atoms with Crippen LogP contribution in [0.25, 0.3) is 0 Å². The Morgan fingerprint density at radius 1 is 1.27 bits per heavy atom. The molecule has 26 heavy (non-hydrogen) atoms. The summed E-state index contributed by atoms with van der Waals surface area (Å²) in [6.45, 7) is 7.41. The molecule has 2 saturated heterocycles. The van der Waals surface area contributed by atoms with Gasteiger partial charge in [0.15, 0.2) is 0 Å². The molecular formula is C20H31N3O2S. The van der Waals surface area contributed by atoms with E-state index in [9.17, 15) is 9.90 Å². The Bertz CT molecular complexity index is 576.